The van der Waals surface area contributed by atoms with Crippen LogP contribution in [0.3, 0.4) is 0 Å². The molecular formula is C23H22O4. The number of hydrogen-bond acceptors (Lipinski definition) is 4. The van der Waals surface area contributed by atoms with E-state index in [0.717, 1.165) is 28.7 Å². The van der Waals surface area contributed by atoms with Crippen molar-refractivity contribution in [3.05, 3.63) is 82.2 Å². The molecule has 1 aliphatic heterocycles. The lowest BCUT2D eigenvalue weighted by Crippen LogP contribution is -2.48. The Bertz CT molecular complexity index is 1030. The normalized spacial score (nSPS) is 18.4. The van der Waals surface area contributed by atoms with Crippen LogP contribution in [0.1, 0.15) is 25.0 Å². The summed E-state index contributed by atoms with van der Waals surface area (Å²) >= 11 is 0. The highest BCUT2D eigenvalue weighted by Crippen LogP contribution is 2.37. The van der Waals surface area contributed by atoms with Gasteiger partial charge in [0.2, 0.25) is 0 Å². The molecule has 0 aliphatic carbocycles. The summed E-state index contributed by atoms with van der Waals surface area (Å²) in [6.45, 7) is 4.56. The third kappa shape index (κ3) is 3.81. The molecule has 0 fully saturated rings. The highest BCUT2D eigenvalue weighted by Gasteiger charge is 2.37. The van der Waals surface area contributed by atoms with Gasteiger partial charge in [-0.2, -0.15) is 0 Å². The van der Waals surface area contributed by atoms with Crippen LogP contribution in [0.4, 0.5) is 0 Å². The van der Waals surface area contributed by atoms with Crippen LogP contribution >= 0.6 is 0 Å². The van der Waals surface area contributed by atoms with Crippen molar-refractivity contribution in [2.75, 3.05) is 6.61 Å². The van der Waals surface area contributed by atoms with E-state index < -0.39 is 5.60 Å². The van der Waals surface area contributed by atoms with E-state index in [9.17, 15) is 4.79 Å². The molecule has 1 aromatic heterocycles. The van der Waals surface area contributed by atoms with E-state index in [4.69, 9.17) is 13.9 Å². The smallest absolute Gasteiger partial charge is 0.336 e. The molecule has 1 atom stereocenters. The minimum absolute atomic E-state index is 0.0707. The summed E-state index contributed by atoms with van der Waals surface area (Å²) in [5, 5.41) is 0.888. The Kier molecular flexibility index (Phi) is 4.58. The van der Waals surface area contributed by atoms with E-state index in [1.807, 2.05) is 44.2 Å². The lowest BCUT2D eigenvalue weighted by Gasteiger charge is -2.39. The molecule has 0 N–H and O–H groups in total. The molecule has 4 heteroatoms. The average Bonchev–Trinajstić information content (AvgIpc) is 2.64. The Morgan fingerprint density at radius 3 is 2.78 bits per heavy atom. The van der Waals surface area contributed by atoms with Crippen LogP contribution in [-0.2, 0) is 11.2 Å². The van der Waals surface area contributed by atoms with Crippen molar-refractivity contribution < 1.29 is 13.9 Å². The Morgan fingerprint density at radius 1 is 1.15 bits per heavy atom. The first-order valence-electron chi connectivity index (χ1n) is 9.10. The Balaban J connectivity index is 1.51. The molecule has 0 radical (unpaired) electrons. The summed E-state index contributed by atoms with van der Waals surface area (Å²) in [7, 11) is 0. The predicted molar refractivity (Wildman–Crippen MR) is 106 cm³/mol. The van der Waals surface area contributed by atoms with Crippen molar-refractivity contribution in [1.29, 1.82) is 0 Å². The monoisotopic (exact) mass is 362 g/mol. The first kappa shape index (κ1) is 17.6. The van der Waals surface area contributed by atoms with Gasteiger partial charge in [0.25, 0.3) is 0 Å². The van der Waals surface area contributed by atoms with Crippen LogP contribution in [0.2, 0.25) is 0 Å². The van der Waals surface area contributed by atoms with Gasteiger partial charge in [0.05, 0.1) is 6.61 Å². The minimum atomic E-state index is -0.476. The number of fused-ring (bicyclic) bond motifs is 2. The second-order valence-corrected chi connectivity index (χ2v) is 7.30. The van der Waals surface area contributed by atoms with E-state index in [0.29, 0.717) is 12.2 Å². The maximum Gasteiger partial charge on any atom is 0.336 e. The SMILES string of the molecule is CC1(C)Oc2cc3oc(=O)ccc3cc2C[C@@H]1OC/C=C/c1ccccc1. The molecule has 0 saturated heterocycles. The number of hydrogen-bond donors (Lipinski definition) is 0. The van der Waals surface area contributed by atoms with Crippen LogP contribution in [-0.4, -0.2) is 18.3 Å². The largest absolute Gasteiger partial charge is 0.485 e. The Morgan fingerprint density at radius 2 is 1.96 bits per heavy atom. The third-order valence-corrected chi connectivity index (χ3v) is 4.86. The van der Waals surface area contributed by atoms with Crippen molar-refractivity contribution in [3.63, 3.8) is 0 Å². The van der Waals surface area contributed by atoms with Gasteiger partial charge in [0.15, 0.2) is 0 Å². The fourth-order valence-corrected chi connectivity index (χ4v) is 3.37. The zero-order chi connectivity index (χ0) is 18.9. The van der Waals surface area contributed by atoms with Gasteiger partial charge in [-0.25, -0.2) is 4.79 Å². The van der Waals surface area contributed by atoms with Gasteiger partial charge in [-0.3, -0.25) is 0 Å². The van der Waals surface area contributed by atoms with Crippen LogP contribution in [0, 0.1) is 0 Å². The highest BCUT2D eigenvalue weighted by molar-refractivity contribution is 5.79. The summed E-state index contributed by atoms with van der Waals surface area (Å²) in [4.78, 5) is 11.4. The summed E-state index contributed by atoms with van der Waals surface area (Å²) in [6.07, 6.45) is 4.76. The fourth-order valence-electron chi connectivity index (χ4n) is 3.37. The van der Waals surface area contributed by atoms with Gasteiger partial charge in [0.1, 0.15) is 23.0 Å². The quantitative estimate of drug-likeness (QED) is 0.636. The van der Waals surface area contributed by atoms with Crippen molar-refractivity contribution >= 4 is 17.0 Å². The van der Waals surface area contributed by atoms with E-state index in [1.165, 1.54) is 6.07 Å². The van der Waals surface area contributed by atoms with Crippen molar-refractivity contribution in [3.8, 4) is 5.75 Å². The lowest BCUT2D eigenvalue weighted by molar-refractivity contribution is -0.0753. The maximum absolute atomic E-state index is 11.4. The molecule has 0 bridgehead atoms. The molecule has 27 heavy (non-hydrogen) atoms. The molecule has 2 aromatic carbocycles. The van der Waals surface area contributed by atoms with Crippen molar-refractivity contribution in [2.24, 2.45) is 0 Å². The Hall–Kier alpha value is -2.85. The van der Waals surface area contributed by atoms with Crippen LogP contribution in [0.5, 0.6) is 5.75 Å². The van der Waals surface area contributed by atoms with Crippen molar-refractivity contribution in [2.45, 2.75) is 32.0 Å². The second kappa shape index (κ2) is 7.05. The molecule has 138 valence electrons. The van der Waals surface area contributed by atoms with Gasteiger partial charge < -0.3 is 13.9 Å². The number of ether oxygens (including phenoxy) is 2. The van der Waals surface area contributed by atoms with Gasteiger partial charge in [-0.1, -0.05) is 42.5 Å². The summed E-state index contributed by atoms with van der Waals surface area (Å²) < 4.78 is 17.6. The summed E-state index contributed by atoms with van der Waals surface area (Å²) in [5.74, 6) is 0.751. The van der Waals surface area contributed by atoms with Gasteiger partial charge >= 0.3 is 5.63 Å². The predicted octanol–water partition coefficient (Wildman–Crippen LogP) is 4.61. The minimum Gasteiger partial charge on any atom is -0.485 e. The number of rotatable bonds is 4. The van der Waals surface area contributed by atoms with E-state index in [-0.39, 0.29) is 11.7 Å². The molecule has 0 spiro atoms. The molecule has 4 nitrogen and oxygen atoms in total. The maximum atomic E-state index is 11.4. The lowest BCUT2D eigenvalue weighted by atomic mass is 9.90. The first-order chi connectivity index (χ1) is 13.0. The molecular weight excluding hydrogens is 340 g/mol. The molecule has 1 aliphatic rings. The van der Waals surface area contributed by atoms with Crippen molar-refractivity contribution in [1.82, 2.24) is 0 Å². The van der Waals surface area contributed by atoms with Crippen LogP contribution in [0.15, 0.2) is 69.9 Å². The zero-order valence-corrected chi connectivity index (χ0v) is 15.5. The van der Waals surface area contributed by atoms with Crippen LogP contribution in [0.25, 0.3) is 17.0 Å². The molecule has 2 heterocycles. The molecule has 3 aromatic rings. The van der Waals surface area contributed by atoms with Crippen LogP contribution < -0.4 is 10.4 Å². The molecule has 0 unspecified atom stereocenters. The van der Waals surface area contributed by atoms with E-state index in [1.54, 1.807) is 12.1 Å². The molecule has 4 rings (SSSR count). The van der Waals surface area contributed by atoms with Gasteiger partial charge in [0, 0.05) is 23.9 Å². The van der Waals surface area contributed by atoms with Gasteiger partial charge in [-0.15, -0.1) is 0 Å². The fraction of sp³-hybridized carbons (Fsp3) is 0.261. The number of benzene rings is 2. The first-order valence-corrected chi connectivity index (χ1v) is 9.10. The molecule has 0 saturated carbocycles. The van der Waals surface area contributed by atoms with E-state index in [2.05, 4.69) is 18.2 Å². The highest BCUT2D eigenvalue weighted by atomic mass is 16.6. The zero-order valence-electron chi connectivity index (χ0n) is 15.5. The Labute approximate surface area is 158 Å². The average molecular weight is 362 g/mol. The second-order valence-electron chi connectivity index (χ2n) is 7.30. The third-order valence-electron chi connectivity index (χ3n) is 4.86. The summed E-state index contributed by atoms with van der Waals surface area (Å²) in [6, 6.07) is 17.2. The molecule has 0 amide bonds. The topological polar surface area (TPSA) is 48.7 Å². The standard InChI is InChI=1S/C23H22O4/c1-23(2)21(25-12-6-9-16-7-4-3-5-8-16)14-18-13-17-10-11-22(24)26-19(17)15-20(18)27-23/h3-11,13,15,21H,12,14H2,1-2H3/b9-6+/t21-/m0/s1. The van der Waals surface area contributed by atoms with Gasteiger partial charge in [-0.05, 0) is 37.1 Å². The van der Waals surface area contributed by atoms with E-state index >= 15 is 0 Å². The summed E-state index contributed by atoms with van der Waals surface area (Å²) in [5.41, 5.74) is 1.92.